The lowest BCUT2D eigenvalue weighted by Gasteiger charge is -2.19. The van der Waals surface area contributed by atoms with Crippen LogP contribution in [-0.2, 0) is 6.54 Å². The Morgan fingerprint density at radius 3 is 2.46 bits per heavy atom. The number of methoxy groups -OCH3 is 1. The molecule has 0 bridgehead atoms. The molecule has 2 aromatic carbocycles. The Kier molecular flexibility index (Phi) is 9.87. The number of rotatable bonds is 7. The van der Waals surface area contributed by atoms with Gasteiger partial charge in [0, 0.05) is 13.6 Å². The van der Waals surface area contributed by atoms with Crippen LogP contribution in [0.4, 0.5) is 0 Å². The quantitative estimate of drug-likeness (QED) is 0.369. The Balaban J connectivity index is 0.00000338. The number of halogens is 1. The monoisotopic (exact) mass is 469 g/mol. The van der Waals surface area contributed by atoms with Crippen molar-refractivity contribution in [3.05, 3.63) is 59.7 Å². The average Bonchev–Trinajstić information content (AvgIpc) is 2.62. The van der Waals surface area contributed by atoms with Crippen molar-refractivity contribution in [3.63, 3.8) is 0 Å². The van der Waals surface area contributed by atoms with Gasteiger partial charge in [0.2, 0.25) is 0 Å². The summed E-state index contributed by atoms with van der Waals surface area (Å²) in [4.78, 5) is 4.25. The fourth-order valence-electron chi connectivity index (χ4n) is 2.44. The minimum Gasteiger partial charge on any atom is -0.493 e. The third kappa shape index (κ3) is 7.11. The Bertz CT molecular complexity index is 707. The standard InChI is InChI=1S/C20H27N3O2.HI/c1-15-8-7-9-17(12-15)14-23-20(21-3)22-13-16(2)25-19-11-6-5-10-18(19)24-4;/h5-12,16H,13-14H2,1-4H3,(H2,21,22,23);1H. The van der Waals surface area contributed by atoms with Crippen molar-refractivity contribution in [1.82, 2.24) is 10.6 Å². The molecule has 0 aliphatic heterocycles. The predicted octanol–water partition coefficient (Wildman–Crippen LogP) is 3.75. The molecule has 0 aliphatic rings. The number of hydrogen-bond acceptors (Lipinski definition) is 3. The number of aliphatic imine (C=N–C) groups is 1. The fourth-order valence-corrected chi connectivity index (χ4v) is 2.44. The summed E-state index contributed by atoms with van der Waals surface area (Å²) in [5.41, 5.74) is 2.47. The molecule has 0 fully saturated rings. The SMILES string of the molecule is CN=C(NCc1cccc(C)c1)NCC(C)Oc1ccccc1OC.I. The molecule has 2 aromatic rings. The molecule has 142 valence electrons. The van der Waals surface area contributed by atoms with Crippen molar-refractivity contribution in [2.75, 3.05) is 20.7 Å². The smallest absolute Gasteiger partial charge is 0.191 e. The highest BCUT2D eigenvalue weighted by Crippen LogP contribution is 2.26. The second kappa shape index (κ2) is 11.6. The molecular weight excluding hydrogens is 441 g/mol. The lowest BCUT2D eigenvalue weighted by Crippen LogP contribution is -2.41. The molecule has 0 spiro atoms. The summed E-state index contributed by atoms with van der Waals surface area (Å²) < 4.78 is 11.2. The van der Waals surface area contributed by atoms with Crippen LogP contribution < -0.4 is 20.1 Å². The lowest BCUT2D eigenvalue weighted by molar-refractivity contribution is 0.213. The summed E-state index contributed by atoms with van der Waals surface area (Å²) in [6.45, 7) is 5.45. The second-order valence-corrected chi connectivity index (χ2v) is 5.88. The maximum Gasteiger partial charge on any atom is 0.191 e. The second-order valence-electron chi connectivity index (χ2n) is 5.88. The highest BCUT2D eigenvalue weighted by Gasteiger charge is 2.09. The normalized spacial score (nSPS) is 11.9. The summed E-state index contributed by atoms with van der Waals surface area (Å²) in [7, 11) is 3.40. The van der Waals surface area contributed by atoms with Crippen LogP contribution in [0.15, 0.2) is 53.5 Å². The van der Waals surface area contributed by atoms with E-state index in [4.69, 9.17) is 9.47 Å². The molecule has 0 radical (unpaired) electrons. The van der Waals surface area contributed by atoms with Crippen molar-refractivity contribution in [3.8, 4) is 11.5 Å². The van der Waals surface area contributed by atoms with Gasteiger partial charge in [0.05, 0.1) is 13.7 Å². The van der Waals surface area contributed by atoms with Gasteiger partial charge in [0.15, 0.2) is 17.5 Å². The lowest BCUT2D eigenvalue weighted by atomic mass is 10.1. The summed E-state index contributed by atoms with van der Waals surface area (Å²) in [5.74, 6) is 2.22. The molecule has 0 aromatic heterocycles. The first-order valence-corrected chi connectivity index (χ1v) is 8.42. The van der Waals surface area contributed by atoms with E-state index in [0.29, 0.717) is 6.54 Å². The third-order valence-corrected chi connectivity index (χ3v) is 3.72. The summed E-state index contributed by atoms with van der Waals surface area (Å²) in [5, 5.41) is 6.60. The molecule has 2 N–H and O–H groups in total. The number of benzene rings is 2. The van der Waals surface area contributed by atoms with Gasteiger partial charge in [-0.05, 0) is 31.5 Å². The van der Waals surface area contributed by atoms with Gasteiger partial charge in [0.25, 0.3) is 0 Å². The first kappa shape index (κ1) is 22.1. The summed E-state index contributed by atoms with van der Waals surface area (Å²) in [6, 6.07) is 16.1. The van der Waals surface area contributed by atoms with Crippen molar-refractivity contribution < 1.29 is 9.47 Å². The Morgan fingerprint density at radius 2 is 1.81 bits per heavy atom. The number of nitrogens with one attached hydrogen (secondary N) is 2. The van der Waals surface area contributed by atoms with Crippen LogP contribution in [0, 0.1) is 6.92 Å². The van der Waals surface area contributed by atoms with E-state index in [1.807, 2.05) is 31.2 Å². The fraction of sp³-hybridized carbons (Fsp3) is 0.350. The largest absolute Gasteiger partial charge is 0.493 e. The summed E-state index contributed by atoms with van der Waals surface area (Å²) >= 11 is 0. The Morgan fingerprint density at radius 1 is 1.08 bits per heavy atom. The zero-order valence-electron chi connectivity index (χ0n) is 15.8. The molecule has 1 atom stereocenters. The number of hydrogen-bond donors (Lipinski definition) is 2. The maximum absolute atomic E-state index is 5.94. The molecule has 6 heteroatoms. The maximum atomic E-state index is 5.94. The highest BCUT2D eigenvalue weighted by molar-refractivity contribution is 14.0. The summed E-state index contributed by atoms with van der Waals surface area (Å²) in [6.07, 6.45) is -0.0335. The molecule has 0 saturated heterocycles. The van der Waals surface area contributed by atoms with E-state index < -0.39 is 0 Å². The highest BCUT2D eigenvalue weighted by atomic mass is 127. The van der Waals surface area contributed by atoms with Crippen LogP contribution in [-0.4, -0.2) is 32.8 Å². The van der Waals surface area contributed by atoms with Crippen LogP contribution >= 0.6 is 24.0 Å². The van der Waals surface area contributed by atoms with Gasteiger partial charge < -0.3 is 20.1 Å². The topological polar surface area (TPSA) is 54.9 Å². The van der Waals surface area contributed by atoms with Crippen molar-refractivity contribution in [1.29, 1.82) is 0 Å². The number of para-hydroxylation sites is 2. The number of ether oxygens (including phenoxy) is 2. The van der Waals surface area contributed by atoms with E-state index in [0.717, 1.165) is 24.0 Å². The van der Waals surface area contributed by atoms with Crippen LogP contribution in [0.2, 0.25) is 0 Å². The van der Waals surface area contributed by atoms with E-state index in [9.17, 15) is 0 Å². The van der Waals surface area contributed by atoms with E-state index in [-0.39, 0.29) is 30.1 Å². The molecule has 2 rings (SSSR count). The minimum absolute atomic E-state index is 0. The average molecular weight is 469 g/mol. The van der Waals surface area contributed by atoms with Gasteiger partial charge >= 0.3 is 0 Å². The Hall–Kier alpha value is -1.96. The molecular formula is C20H28IN3O2. The van der Waals surface area contributed by atoms with E-state index in [1.165, 1.54) is 11.1 Å². The van der Waals surface area contributed by atoms with Crippen molar-refractivity contribution >= 4 is 29.9 Å². The van der Waals surface area contributed by atoms with Crippen molar-refractivity contribution in [2.24, 2.45) is 4.99 Å². The van der Waals surface area contributed by atoms with Crippen LogP contribution in [0.25, 0.3) is 0 Å². The van der Waals surface area contributed by atoms with E-state index >= 15 is 0 Å². The van der Waals surface area contributed by atoms with E-state index in [2.05, 4.69) is 46.8 Å². The molecule has 0 heterocycles. The Labute approximate surface area is 173 Å². The van der Waals surface area contributed by atoms with Crippen LogP contribution in [0.3, 0.4) is 0 Å². The molecule has 0 amide bonds. The molecule has 1 unspecified atom stereocenters. The van der Waals surface area contributed by atoms with Gasteiger partial charge in [-0.25, -0.2) is 0 Å². The zero-order valence-corrected chi connectivity index (χ0v) is 18.1. The first-order valence-electron chi connectivity index (χ1n) is 8.42. The molecule has 5 nitrogen and oxygen atoms in total. The number of nitrogens with zero attached hydrogens (tertiary/aromatic N) is 1. The van der Waals surface area contributed by atoms with Gasteiger partial charge in [0.1, 0.15) is 6.10 Å². The van der Waals surface area contributed by atoms with Crippen LogP contribution in [0.1, 0.15) is 18.1 Å². The molecule has 0 aliphatic carbocycles. The zero-order chi connectivity index (χ0) is 18.1. The van der Waals surface area contributed by atoms with Gasteiger partial charge in [-0.2, -0.15) is 0 Å². The van der Waals surface area contributed by atoms with Crippen LogP contribution in [0.5, 0.6) is 11.5 Å². The van der Waals surface area contributed by atoms with Gasteiger partial charge in [-0.1, -0.05) is 42.0 Å². The number of aryl methyl sites for hydroxylation is 1. The minimum atomic E-state index is -0.0335. The third-order valence-electron chi connectivity index (χ3n) is 3.72. The molecule has 26 heavy (non-hydrogen) atoms. The first-order chi connectivity index (χ1) is 12.1. The predicted molar refractivity (Wildman–Crippen MR) is 118 cm³/mol. The molecule has 0 saturated carbocycles. The van der Waals surface area contributed by atoms with Crippen molar-refractivity contribution in [2.45, 2.75) is 26.5 Å². The van der Waals surface area contributed by atoms with Gasteiger partial charge in [-0.15, -0.1) is 24.0 Å². The van der Waals surface area contributed by atoms with E-state index in [1.54, 1.807) is 14.2 Å². The van der Waals surface area contributed by atoms with Gasteiger partial charge in [-0.3, -0.25) is 4.99 Å². The number of guanidine groups is 1.